The van der Waals surface area contributed by atoms with Crippen LogP contribution in [0.25, 0.3) is 11.4 Å². The van der Waals surface area contributed by atoms with E-state index in [1.54, 1.807) is 0 Å². The fourth-order valence-corrected chi connectivity index (χ4v) is 2.43. The van der Waals surface area contributed by atoms with Crippen molar-refractivity contribution in [1.82, 2.24) is 14.8 Å². The number of hydrogen-bond donors (Lipinski definition) is 0. The summed E-state index contributed by atoms with van der Waals surface area (Å²) >= 11 is 0. The van der Waals surface area contributed by atoms with E-state index in [9.17, 15) is 0 Å². The summed E-state index contributed by atoms with van der Waals surface area (Å²) in [5.41, 5.74) is 4.99. The van der Waals surface area contributed by atoms with E-state index in [0.29, 0.717) is 0 Å². The van der Waals surface area contributed by atoms with E-state index in [2.05, 4.69) is 68.4 Å². The van der Waals surface area contributed by atoms with Gasteiger partial charge in [-0.2, -0.15) is 0 Å². The highest BCUT2D eigenvalue weighted by Gasteiger charge is 2.20. The standard InChI is InChI=1S/C15H21N3/c1-10-7-11(2)13(12(3)8-10)14-17-16-9-18(14)15(4,5)6/h7-9H,1-6H3. The summed E-state index contributed by atoms with van der Waals surface area (Å²) in [6.45, 7) is 12.9. The molecule has 0 fully saturated rings. The van der Waals surface area contributed by atoms with E-state index in [1.165, 1.54) is 22.3 Å². The molecule has 2 aromatic rings. The summed E-state index contributed by atoms with van der Waals surface area (Å²) in [6, 6.07) is 4.40. The van der Waals surface area contributed by atoms with Crippen molar-refractivity contribution in [2.75, 3.05) is 0 Å². The van der Waals surface area contributed by atoms with Gasteiger partial charge in [-0.15, -0.1) is 10.2 Å². The van der Waals surface area contributed by atoms with Gasteiger partial charge in [0.25, 0.3) is 0 Å². The molecule has 0 spiro atoms. The van der Waals surface area contributed by atoms with Gasteiger partial charge in [0, 0.05) is 11.1 Å². The Labute approximate surface area is 109 Å². The van der Waals surface area contributed by atoms with Crippen molar-refractivity contribution < 1.29 is 0 Å². The highest BCUT2D eigenvalue weighted by atomic mass is 15.3. The molecule has 0 unspecified atom stereocenters. The van der Waals surface area contributed by atoms with Gasteiger partial charge in [0.1, 0.15) is 6.33 Å². The van der Waals surface area contributed by atoms with Crippen LogP contribution in [0.2, 0.25) is 0 Å². The predicted octanol–water partition coefficient (Wildman–Crippen LogP) is 3.63. The second-order valence-corrected chi connectivity index (χ2v) is 5.97. The number of hydrogen-bond acceptors (Lipinski definition) is 2. The Hall–Kier alpha value is -1.64. The fraction of sp³-hybridized carbons (Fsp3) is 0.467. The average Bonchev–Trinajstić information content (AvgIpc) is 2.63. The molecule has 0 aliphatic heterocycles. The van der Waals surface area contributed by atoms with Crippen molar-refractivity contribution in [3.05, 3.63) is 35.2 Å². The van der Waals surface area contributed by atoms with E-state index in [4.69, 9.17) is 0 Å². The molecule has 2 rings (SSSR count). The zero-order valence-electron chi connectivity index (χ0n) is 12.1. The predicted molar refractivity (Wildman–Crippen MR) is 74.7 cm³/mol. The normalized spacial score (nSPS) is 11.9. The minimum absolute atomic E-state index is 0.0113. The van der Waals surface area contributed by atoms with Crippen molar-refractivity contribution in [2.45, 2.75) is 47.1 Å². The molecule has 0 amide bonds. The Morgan fingerprint density at radius 2 is 1.56 bits per heavy atom. The van der Waals surface area contributed by atoms with Gasteiger partial charge in [-0.1, -0.05) is 17.7 Å². The molecule has 96 valence electrons. The number of benzene rings is 1. The zero-order chi connectivity index (χ0) is 13.5. The van der Waals surface area contributed by atoms with Gasteiger partial charge >= 0.3 is 0 Å². The maximum Gasteiger partial charge on any atom is 0.164 e. The van der Waals surface area contributed by atoms with Gasteiger partial charge in [0.15, 0.2) is 5.82 Å². The molecule has 0 aliphatic rings. The molecule has 0 aliphatic carbocycles. The average molecular weight is 243 g/mol. The topological polar surface area (TPSA) is 30.7 Å². The van der Waals surface area contributed by atoms with Crippen LogP contribution in [-0.2, 0) is 5.54 Å². The minimum Gasteiger partial charge on any atom is -0.308 e. The Bertz CT molecular complexity index is 551. The van der Waals surface area contributed by atoms with Crippen LogP contribution in [0.5, 0.6) is 0 Å². The highest BCUT2D eigenvalue weighted by molar-refractivity contribution is 5.65. The third-order valence-electron chi connectivity index (χ3n) is 3.17. The summed E-state index contributed by atoms with van der Waals surface area (Å²) in [5, 5.41) is 8.40. The fourth-order valence-electron chi connectivity index (χ4n) is 2.43. The second-order valence-electron chi connectivity index (χ2n) is 5.97. The lowest BCUT2D eigenvalue weighted by molar-refractivity contribution is 0.399. The van der Waals surface area contributed by atoms with Crippen LogP contribution in [0.4, 0.5) is 0 Å². The first-order chi connectivity index (χ1) is 8.30. The molecule has 0 radical (unpaired) electrons. The zero-order valence-corrected chi connectivity index (χ0v) is 12.1. The van der Waals surface area contributed by atoms with Crippen molar-refractivity contribution >= 4 is 0 Å². The largest absolute Gasteiger partial charge is 0.308 e. The summed E-state index contributed by atoms with van der Waals surface area (Å²) in [7, 11) is 0. The summed E-state index contributed by atoms with van der Waals surface area (Å²) in [4.78, 5) is 0. The SMILES string of the molecule is Cc1cc(C)c(-c2nncn2C(C)(C)C)c(C)c1. The van der Waals surface area contributed by atoms with Crippen LogP contribution in [0.3, 0.4) is 0 Å². The van der Waals surface area contributed by atoms with E-state index < -0.39 is 0 Å². The van der Waals surface area contributed by atoms with Crippen molar-refractivity contribution in [3.8, 4) is 11.4 Å². The molecular weight excluding hydrogens is 222 g/mol. The van der Waals surface area contributed by atoms with Crippen molar-refractivity contribution in [1.29, 1.82) is 0 Å². The van der Waals surface area contributed by atoms with Crippen LogP contribution in [0, 0.1) is 20.8 Å². The van der Waals surface area contributed by atoms with Gasteiger partial charge in [0.2, 0.25) is 0 Å². The molecule has 18 heavy (non-hydrogen) atoms. The Kier molecular flexibility index (Phi) is 3.01. The maximum absolute atomic E-state index is 4.32. The van der Waals surface area contributed by atoms with Gasteiger partial charge < -0.3 is 4.57 Å². The third kappa shape index (κ3) is 2.17. The van der Waals surface area contributed by atoms with Crippen LogP contribution in [0.15, 0.2) is 18.5 Å². The van der Waals surface area contributed by atoms with Gasteiger partial charge in [-0.25, -0.2) is 0 Å². The summed E-state index contributed by atoms with van der Waals surface area (Å²) in [5.74, 6) is 0.956. The van der Waals surface area contributed by atoms with Crippen LogP contribution < -0.4 is 0 Å². The molecular formula is C15H21N3. The van der Waals surface area contributed by atoms with E-state index in [1.807, 2.05) is 6.33 Å². The first kappa shape index (κ1) is 12.8. The van der Waals surface area contributed by atoms with Crippen LogP contribution in [-0.4, -0.2) is 14.8 Å². The second kappa shape index (κ2) is 4.23. The molecule has 0 N–H and O–H groups in total. The first-order valence-corrected chi connectivity index (χ1v) is 6.29. The van der Waals surface area contributed by atoms with Gasteiger partial charge in [0.05, 0.1) is 0 Å². The number of aromatic nitrogens is 3. The number of aryl methyl sites for hydroxylation is 3. The molecule has 0 saturated heterocycles. The Morgan fingerprint density at radius 1 is 1.00 bits per heavy atom. The summed E-state index contributed by atoms with van der Waals surface area (Å²) < 4.78 is 2.14. The van der Waals surface area contributed by atoms with Crippen molar-refractivity contribution in [2.24, 2.45) is 0 Å². The van der Waals surface area contributed by atoms with Crippen LogP contribution in [0.1, 0.15) is 37.5 Å². The lowest BCUT2D eigenvalue weighted by atomic mass is 9.98. The van der Waals surface area contributed by atoms with E-state index in [0.717, 1.165) is 5.82 Å². The Balaban J connectivity index is 2.68. The lowest BCUT2D eigenvalue weighted by Gasteiger charge is -2.23. The van der Waals surface area contributed by atoms with Gasteiger partial charge in [-0.3, -0.25) is 0 Å². The maximum atomic E-state index is 4.32. The minimum atomic E-state index is -0.0113. The molecule has 3 heteroatoms. The van der Waals surface area contributed by atoms with E-state index >= 15 is 0 Å². The smallest absolute Gasteiger partial charge is 0.164 e. The number of rotatable bonds is 1. The molecule has 1 heterocycles. The lowest BCUT2D eigenvalue weighted by Crippen LogP contribution is -2.22. The molecule has 1 aromatic heterocycles. The first-order valence-electron chi connectivity index (χ1n) is 6.29. The highest BCUT2D eigenvalue weighted by Crippen LogP contribution is 2.29. The number of nitrogens with zero attached hydrogens (tertiary/aromatic N) is 3. The monoisotopic (exact) mass is 243 g/mol. The van der Waals surface area contributed by atoms with Gasteiger partial charge in [-0.05, 0) is 52.7 Å². The molecule has 0 saturated carbocycles. The molecule has 0 atom stereocenters. The summed E-state index contributed by atoms with van der Waals surface area (Å²) in [6.07, 6.45) is 1.81. The molecule has 0 bridgehead atoms. The molecule has 3 nitrogen and oxygen atoms in total. The molecule has 1 aromatic carbocycles. The quantitative estimate of drug-likeness (QED) is 0.765. The Morgan fingerprint density at radius 3 is 2.06 bits per heavy atom. The van der Waals surface area contributed by atoms with Crippen LogP contribution >= 0.6 is 0 Å². The van der Waals surface area contributed by atoms with E-state index in [-0.39, 0.29) is 5.54 Å². The van der Waals surface area contributed by atoms with Crippen molar-refractivity contribution in [3.63, 3.8) is 0 Å². The third-order valence-corrected chi connectivity index (χ3v) is 3.17.